The Bertz CT molecular complexity index is 414. The summed E-state index contributed by atoms with van der Waals surface area (Å²) in [5, 5.41) is 0. The van der Waals surface area contributed by atoms with Crippen LogP contribution in [0.2, 0.25) is 0 Å². The van der Waals surface area contributed by atoms with E-state index in [9.17, 15) is 4.79 Å². The first-order valence-electron chi connectivity index (χ1n) is 5.74. The first-order valence-corrected chi connectivity index (χ1v) is 6.72. The third kappa shape index (κ3) is 2.84. The van der Waals surface area contributed by atoms with Gasteiger partial charge in [-0.05, 0) is 26.0 Å². The van der Waals surface area contributed by atoms with Gasteiger partial charge in [0.05, 0.1) is 6.54 Å². The Kier molecular flexibility index (Phi) is 3.49. The maximum absolute atomic E-state index is 12.2. The molecule has 1 fully saturated rings. The topological polar surface area (TPSA) is 59.5 Å². The molecule has 17 heavy (non-hydrogen) atoms. The average molecular weight is 254 g/mol. The largest absolute Gasteiger partial charge is 0.455 e. The zero-order valence-corrected chi connectivity index (χ0v) is 11.0. The van der Waals surface area contributed by atoms with E-state index in [-0.39, 0.29) is 10.7 Å². The Balaban J connectivity index is 2.09. The second-order valence-electron chi connectivity index (χ2n) is 4.80. The lowest BCUT2D eigenvalue weighted by molar-refractivity contribution is 0.0714. The van der Waals surface area contributed by atoms with E-state index in [4.69, 9.17) is 10.2 Å². The summed E-state index contributed by atoms with van der Waals surface area (Å²) in [6.07, 6.45) is 0. The van der Waals surface area contributed by atoms with E-state index in [0.29, 0.717) is 18.1 Å². The molecule has 2 heterocycles. The van der Waals surface area contributed by atoms with Crippen molar-refractivity contribution in [1.29, 1.82) is 0 Å². The van der Waals surface area contributed by atoms with Crippen molar-refractivity contribution in [2.75, 3.05) is 18.8 Å². The Labute approximate surface area is 106 Å². The van der Waals surface area contributed by atoms with Gasteiger partial charge in [-0.15, -0.1) is 0 Å². The fourth-order valence-electron chi connectivity index (χ4n) is 1.95. The summed E-state index contributed by atoms with van der Waals surface area (Å²) < 4.78 is 5.52. The molecule has 94 valence electrons. The lowest BCUT2D eigenvalue weighted by atomic mass is 10.2. The van der Waals surface area contributed by atoms with E-state index in [2.05, 4.69) is 13.8 Å². The molecule has 1 aromatic rings. The van der Waals surface area contributed by atoms with Crippen LogP contribution in [-0.4, -0.2) is 34.4 Å². The van der Waals surface area contributed by atoms with Crippen molar-refractivity contribution >= 4 is 17.7 Å². The summed E-state index contributed by atoms with van der Waals surface area (Å²) >= 11 is 1.90. The predicted octanol–water partition coefficient (Wildman–Crippen LogP) is 1.71. The highest BCUT2D eigenvalue weighted by Gasteiger charge is 2.31. The van der Waals surface area contributed by atoms with Gasteiger partial charge in [0.1, 0.15) is 5.76 Å². The van der Waals surface area contributed by atoms with Crippen LogP contribution >= 0.6 is 11.8 Å². The number of furan rings is 1. The molecule has 1 aliphatic heterocycles. The molecule has 0 aliphatic carbocycles. The molecule has 0 unspecified atom stereocenters. The first kappa shape index (κ1) is 12.5. The van der Waals surface area contributed by atoms with Crippen molar-refractivity contribution in [3.8, 4) is 0 Å². The number of nitrogens with two attached hydrogens (primary N) is 1. The molecule has 5 heteroatoms. The van der Waals surface area contributed by atoms with Gasteiger partial charge < -0.3 is 15.1 Å². The van der Waals surface area contributed by atoms with Crippen molar-refractivity contribution < 1.29 is 9.21 Å². The van der Waals surface area contributed by atoms with Crippen LogP contribution in [0.4, 0.5) is 0 Å². The minimum absolute atomic E-state index is 0.0296. The predicted molar refractivity (Wildman–Crippen MR) is 69.0 cm³/mol. The fraction of sp³-hybridized carbons (Fsp3) is 0.583. The maximum atomic E-state index is 12.2. The first-order chi connectivity index (χ1) is 8.02. The lowest BCUT2D eigenvalue weighted by Gasteiger charge is -2.37. The highest BCUT2D eigenvalue weighted by Crippen LogP contribution is 2.30. The molecule has 1 saturated heterocycles. The Morgan fingerprint density at radius 3 is 2.94 bits per heavy atom. The maximum Gasteiger partial charge on any atom is 0.289 e. The number of hydrogen-bond donors (Lipinski definition) is 1. The summed E-state index contributed by atoms with van der Waals surface area (Å²) in [6, 6.07) is 3.47. The van der Waals surface area contributed by atoms with Crippen molar-refractivity contribution in [3.05, 3.63) is 23.7 Å². The van der Waals surface area contributed by atoms with Crippen LogP contribution in [0, 0.1) is 0 Å². The van der Waals surface area contributed by atoms with Crippen molar-refractivity contribution in [1.82, 2.24) is 4.90 Å². The summed E-state index contributed by atoms with van der Waals surface area (Å²) in [4.78, 5) is 14.1. The summed E-state index contributed by atoms with van der Waals surface area (Å²) in [6.45, 7) is 6.19. The molecular formula is C12H18N2O2S. The van der Waals surface area contributed by atoms with Gasteiger partial charge in [0.2, 0.25) is 0 Å². The molecule has 0 atom stereocenters. The number of thioether (sulfide) groups is 1. The molecule has 1 aliphatic rings. The van der Waals surface area contributed by atoms with Crippen LogP contribution in [0.25, 0.3) is 0 Å². The molecule has 4 nitrogen and oxygen atoms in total. The SMILES string of the molecule is CC1(C)CN(C(=O)c2ccc(CN)o2)CCS1. The van der Waals surface area contributed by atoms with E-state index >= 15 is 0 Å². The highest BCUT2D eigenvalue weighted by atomic mass is 32.2. The molecule has 0 aromatic carbocycles. The Hall–Kier alpha value is -0.940. The van der Waals surface area contributed by atoms with E-state index in [1.165, 1.54) is 0 Å². The zero-order chi connectivity index (χ0) is 12.5. The zero-order valence-electron chi connectivity index (χ0n) is 10.2. The molecular weight excluding hydrogens is 236 g/mol. The minimum Gasteiger partial charge on any atom is -0.455 e. The van der Waals surface area contributed by atoms with Gasteiger partial charge in [0, 0.05) is 23.6 Å². The average Bonchev–Trinajstić information content (AvgIpc) is 2.75. The number of carbonyl (C=O) groups excluding carboxylic acids is 1. The quantitative estimate of drug-likeness (QED) is 0.872. The second kappa shape index (κ2) is 4.74. The Morgan fingerprint density at radius 1 is 1.59 bits per heavy atom. The van der Waals surface area contributed by atoms with Crippen molar-refractivity contribution in [2.45, 2.75) is 25.1 Å². The van der Waals surface area contributed by atoms with Gasteiger partial charge in [-0.1, -0.05) is 0 Å². The van der Waals surface area contributed by atoms with Crippen LogP contribution in [-0.2, 0) is 6.54 Å². The van der Waals surface area contributed by atoms with Crippen LogP contribution in [0.15, 0.2) is 16.5 Å². The summed E-state index contributed by atoms with van der Waals surface area (Å²) in [5.41, 5.74) is 5.46. The molecule has 1 aromatic heterocycles. The normalized spacial score (nSPS) is 19.4. The number of nitrogens with zero attached hydrogens (tertiary/aromatic N) is 1. The molecule has 0 saturated carbocycles. The molecule has 0 radical (unpaired) electrons. The van der Waals surface area contributed by atoms with Gasteiger partial charge in [-0.25, -0.2) is 0 Å². The van der Waals surface area contributed by atoms with Gasteiger partial charge in [0.15, 0.2) is 5.76 Å². The summed E-state index contributed by atoms with van der Waals surface area (Å²) in [5.74, 6) is 1.99. The van der Waals surface area contributed by atoms with Gasteiger partial charge in [-0.3, -0.25) is 4.79 Å². The van der Waals surface area contributed by atoms with Crippen molar-refractivity contribution in [3.63, 3.8) is 0 Å². The van der Waals surface area contributed by atoms with Gasteiger partial charge in [0.25, 0.3) is 5.91 Å². The van der Waals surface area contributed by atoms with E-state index in [0.717, 1.165) is 18.8 Å². The number of carbonyl (C=O) groups is 1. The van der Waals surface area contributed by atoms with Gasteiger partial charge in [-0.2, -0.15) is 11.8 Å². The van der Waals surface area contributed by atoms with Crippen LogP contribution in [0.3, 0.4) is 0 Å². The van der Waals surface area contributed by atoms with Gasteiger partial charge >= 0.3 is 0 Å². The lowest BCUT2D eigenvalue weighted by Crippen LogP contribution is -2.46. The molecule has 2 N–H and O–H groups in total. The van der Waals surface area contributed by atoms with Crippen molar-refractivity contribution in [2.24, 2.45) is 5.73 Å². The molecule has 0 bridgehead atoms. The third-order valence-electron chi connectivity index (χ3n) is 2.79. The molecule has 1 amide bonds. The minimum atomic E-state index is -0.0296. The second-order valence-corrected chi connectivity index (χ2v) is 6.61. The highest BCUT2D eigenvalue weighted by molar-refractivity contribution is 8.00. The smallest absolute Gasteiger partial charge is 0.289 e. The van der Waals surface area contributed by atoms with Crippen LogP contribution in [0.5, 0.6) is 0 Å². The van der Waals surface area contributed by atoms with Crippen LogP contribution in [0.1, 0.15) is 30.2 Å². The standard InChI is InChI=1S/C12H18N2O2S/c1-12(2)8-14(5-6-17-12)11(15)10-4-3-9(7-13)16-10/h3-4H,5-8,13H2,1-2H3. The van der Waals surface area contributed by atoms with E-state index < -0.39 is 0 Å². The number of hydrogen-bond acceptors (Lipinski definition) is 4. The molecule has 2 rings (SSSR count). The Morgan fingerprint density at radius 2 is 2.35 bits per heavy atom. The van der Waals surface area contributed by atoms with Crippen LogP contribution < -0.4 is 5.73 Å². The van der Waals surface area contributed by atoms with E-state index in [1.54, 1.807) is 12.1 Å². The summed E-state index contributed by atoms with van der Waals surface area (Å²) in [7, 11) is 0. The number of amides is 1. The monoisotopic (exact) mass is 254 g/mol. The van der Waals surface area contributed by atoms with E-state index in [1.807, 2.05) is 16.7 Å². The molecule has 0 spiro atoms. The third-order valence-corrected chi connectivity index (χ3v) is 4.08. The number of rotatable bonds is 2. The fourth-order valence-corrected chi connectivity index (χ4v) is 3.06.